The number of benzene rings is 2. The van der Waals surface area contributed by atoms with Crippen molar-refractivity contribution in [1.29, 1.82) is 0 Å². The molecule has 0 radical (unpaired) electrons. The lowest BCUT2D eigenvalue weighted by Gasteiger charge is -2.36. The van der Waals surface area contributed by atoms with Crippen molar-refractivity contribution in [2.75, 3.05) is 37.8 Å². The summed E-state index contributed by atoms with van der Waals surface area (Å²) in [5.41, 5.74) is 3.24. The Morgan fingerprint density at radius 3 is 2.48 bits per heavy atom. The van der Waals surface area contributed by atoms with E-state index in [0.29, 0.717) is 31.1 Å². The molecule has 1 fully saturated rings. The Morgan fingerprint density at radius 2 is 1.74 bits per heavy atom. The Kier molecular flexibility index (Phi) is 6.71. The van der Waals surface area contributed by atoms with E-state index < -0.39 is 10.0 Å². The minimum absolute atomic E-state index is 0.0728. The number of nitrogens with one attached hydrogen (secondary N) is 1. The first-order valence-corrected chi connectivity index (χ1v) is 13.4. The van der Waals surface area contributed by atoms with Gasteiger partial charge in [0.2, 0.25) is 15.9 Å². The number of rotatable bonds is 6. The van der Waals surface area contributed by atoms with Gasteiger partial charge in [-0.2, -0.15) is 4.31 Å². The van der Waals surface area contributed by atoms with E-state index in [2.05, 4.69) is 5.32 Å². The quantitative estimate of drug-likeness (QED) is 0.672. The molecule has 166 valence electrons. The molecule has 1 atom stereocenters. The monoisotopic (exact) mass is 459 g/mol. The molecule has 8 heteroatoms. The molecule has 0 aromatic heterocycles. The van der Waals surface area contributed by atoms with Gasteiger partial charge in [-0.3, -0.25) is 9.69 Å². The summed E-state index contributed by atoms with van der Waals surface area (Å²) in [6, 6.07) is 13.0. The zero-order valence-electron chi connectivity index (χ0n) is 18.0. The molecular weight excluding hydrogens is 430 g/mol. The van der Waals surface area contributed by atoms with Crippen LogP contribution in [-0.4, -0.2) is 62.0 Å². The summed E-state index contributed by atoms with van der Waals surface area (Å²) in [7, 11) is -3.51. The van der Waals surface area contributed by atoms with Gasteiger partial charge < -0.3 is 5.32 Å². The van der Waals surface area contributed by atoms with Gasteiger partial charge in [0, 0.05) is 31.1 Å². The van der Waals surface area contributed by atoms with Gasteiger partial charge >= 0.3 is 0 Å². The Hall–Kier alpha value is -1.87. The molecule has 31 heavy (non-hydrogen) atoms. The molecule has 0 saturated carbocycles. The normalized spacial score (nSPS) is 18.5. The molecule has 1 N–H and O–H groups in total. The lowest BCUT2D eigenvalue weighted by Crippen LogP contribution is -2.53. The van der Waals surface area contributed by atoms with Crippen molar-refractivity contribution < 1.29 is 13.2 Å². The topological polar surface area (TPSA) is 69.7 Å². The SMILES string of the molecule is CSc1ccccc1NC(=O)[C@@H](C)N1CCN(S(=O)(=O)c2ccc3c(c2)CCC3)CC1. The molecule has 1 amide bonds. The first-order valence-electron chi connectivity index (χ1n) is 10.7. The molecule has 1 aliphatic carbocycles. The summed E-state index contributed by atoms with van der Waals surface area (Å²) in [6.45, 7) is 3.71. The second-order valence-electron chi connectivity index (χ2n) is 8.09. The molecule has 0 spiro atoms. The third-order valence-corrected chi connectivity index (χ3v) is 8.96. The number of piperazine rings is 1. The molecule has 4 rings (SSSR count). The number of hydrogen-bond acceptors (Lipinski definition) is 5. The number of thioether (sulfide) groups is 1. The van der Waals surface area contributed by atoms with E-state index in [-0.39, 0.29) is 11.9 Å². The van der Waals surface area contributed by atoms with E-state index >= 15 is 0 Å². The third kappa shape index (κ3) is 4.67. The highest BCUT2D eigenvalue weighted by Gasteiger charge is 2.32. The zero-order valence-corrected chi connectivity index (χ0v) is 19.6. The van der Waals surface area contributed by atoms with Crippen molar-refractivity contribution in [3.63, 3.8) is 0 Å². The standard InChI is InChI=1S/C23H29N3O3S2/c1-17(23(27)24-21-8-3-4-9-22(21)30-2)25-12-14-26(15-13-25)31(28,29)20-11-10-18-6-5-7-19(18)16-20/h3-4,8-11,16-17H,5-7,12-15H2,1-2H3,(H,24,27)/t17-/m1/s1. The molecule has 0 bridgehead atoms. The predicted molar refractivity (Wildman–Crippen MR) is 125 cm³/mol. The summed E-state index contributed by atoms with van der Waals surface area (Å²) in [5, 5.41) is 3.02. The number of anilines is 1. The molecule has 6 nitrogen and oxygen atoms in total. The average Bonchev–Trinajstić information content (AvgIpc) is 3.27. The van der Waals surface area contributed by atoms with Crippen LogP contribution in [0.4, 0.5) is 5.69 Å². The van der Waals surface area contributed by atoms with Crippen molar-refractivity contribution in [3.05, 3.63) is 53.6 Å². The Labute approximate surface area is 189 Å². The van der Waals surface area contributed by atoms with Crippen LogP contribution in [0.15, 0.2) is 52.3 Å². The minimum Gasteiger partial charge on any atom is -0.324 e. The smallest absolute Gasteiger partial charge is 0.243 e. The van der Waals surface area contributed by atoms with Crippen molar-refractivity contribution in [3.8, 4) is 0 Å². The Bertz CT molecular complexity index is 1060. The number of carbonyl (C=O) groups is 1. The van der Waals surface area contributed by atoms with Gasteiger partial charge in [-0.15, -0.1) is 11.8 Å². The lowest BCUT2D eigenvalue weighted by atomic mass is 10.1. The summed E-state index contributed by atoms with van der Waals surface area (Å²) in [6.07, 6.45) is 5.07. The predicted octanol–water partition coefficient (Wildman–Crippen LogP) is 3.23. The van der Waals surface area contributed by atoms with Gasteiger partial charge in [-0.25, -0.2) is 8.42 Å². The van der Waals surface area contributed by atoms with E-state index in [9.17, 15) is 13.2 Å². The number of sulfonamides is 1. The second-order valence-corrected chi connectivity index (χ2v) is 10.9. The molecule has 1 saturated heterocycles. The average molecular weight is 460 g/mol. The number of nitrogens with zero attached hydrogens (tertiary/aromatic N) is 2. The maximum atomic E-state index is 13.1. The van der Waals surface area contributed by atoms with Crippen molar-refractivity contribution in [2.45, 2.75) is 42.0 Å². The lowest BCUT2D eigenvalue weighted by molar-refractivity contribution is -0.121. The molecule has 2 aliphatic rings. The van der Waals surface area contributed by atoms with Gasteiger partial charge in [-0.1, -0.05) is 18.2 Å². The number of carbonyl (C=O) groups excluding carboxylic acids is 1. The van der Waals surface area contributed by atoms with Crippen LogP contribution in [0.1, 0.15) is 24.5 Å². The zero-order chi connectivity index (χ0) is 22.0. The fourth-order valence-electron chi connectivity index (χ4n) is 4.34. The highest BCUT2D eigenvalue weighted by Crippen LogP contribution is 2.27. The van der Waals surface area contributed by atoms with E-state index in [0.717, 1.165) is 35.4 Å². The van der Waals surface area contributed by atoms with Gasteiger partial charge in [0.05, 0.1) is 16.6 Å². The first kappa shape index (κ1) is 22.3. The van der Waals surface area contributed by atoms with Gasteiger partial charge in [0.1, 0.15) is 0 Å². The minimum atomic E-state index is -3.51. The molecule has 1 heterocycles. The molecule has 2 aromatic rings. The maximum Gasteiger partial charge on any atom is 0.243 e. The second kappa shape index (κ2) is 9.32. The molecule has 0 unspecified atom stereocenters. The third-order valence-electron chi connectivity index (χ3n) is 6.27. The highest BCUT2D eigenvalue weighted by atomic mass is 32.2. The molecule has 1 aliphatic heterocycles. The van der Waals surface area contributed by atoms with Gasteiger partial charge in [0.25, 0.3) is 0 Å². The summed E-state index contributed by atoms with van der Waals surface area (Å²) >= 11 is 1.59. The number of para-hydroxylation sites is 1. The Morgan fingerprint density at radius 1 is 1.03 bits per heavy atom. The van der Waals surface area contributed by atoms with Crippen LogP contribution < -0.4 is 5.32 Å². The summed E-state index contributed by atoms with van der Waals surface area (Å²) in [4.78, 5) is 16.3. The van der Waals surface area contributed by atoms with E-state index in [1.165, 1.54) is 5.56 Å². The van der Waals surface area contributed by atoms with Crippen molar-refractivity contribution >= 4 is 33.4 Å². The number of amides is 1. The largest absolute Gasteiger partial charge is 0.324 e. The summed E-state index contributed by atoms with van der Waals surface area (Å²) in [5.74, 6) is -0.0728. The Balaban J connectivity index is 1.38. The van der Waals surface area contributed by atoms with Crippen molar-refractivity contribution in [1.82, 2.24) is 9.21 Å². The van der Waals surface area contributed by atoms with Gasteiger partial charge in [-0.05, 0) is 67.8 Å². The van der Waals surface area contributed by atoms with Crippen LogP contribution in [0.5, 0.6) is 0 Å². The number of hydrogen-bond donors (Lipinski definition) is 1. The van der Waals surface area contributed by atoms with Crippen LogP contribution in [0, 0.1) is 0 Å². The van der Waals surface area contributed by atoms with Crippen LogP contribution >= 0.6 is 11.8 Å². The van der Waals surface area contributed by atoms with Crippen LogP contribution in [0.3, 0.4) is 0 Å². The van der Waals surface area contributed by atoms with E-state index in [4.69, 9.17) is 0 Å². The molecular formula is C23H29N3O3S2. The van der Waals surface area contributed by atoms with Crippen LogP contribution in [-0.2, 0) is 27.7 Å². The van der Waals surface area contributed by atoms with E-state index in [1.807, 2.05) is 54.5 Å². The maximum absolute atomic E-state index is 13.1. The van der Waals surface area contributed by atoms with E-state index in [1.54, 1.807) is 22.1 Å². The fraction of sp³-hybridized carbons (Fsp3) is 0.435. The van der Waals surface area contributed by atoms with Gasteiger partial charge in [0.15, 0.2) is 0 Å². The van der Waals surface area contributed by atoms with Crippen molar-refractivity contribution in [2.24, 2.45) is 0 Å². The number of fused-ring (bicyclic) bond motifs is 1. The van der Waals surface area contributed by atoms with Crippen LogP contribution in [0.25, 0.3) is 0 Å². The molecule has 2 aromatic carbocycles. The summed E-state index contributed by atoms with van der Waals surface area (Å²) < 4.78 is 27.8. The number of aryl methyl sites for hydroxylation is 2. The first-order chi connectivity index (χ1) is 14.9. The van der Waals surface area contributed by atoms with Crippen LogP contribution in [0.2, 0.25) is 0 Å². The fourth-order valence-corrected chi connectivity index (χ4v) is 6.37. The highest BCUT2D eigenvalue weighted by molar-refractivity contribution is 7.98.